The van der Waals surface area contributed by atoms with Gasteiger partial charge in [-0.1, -0.05) is 35.9 Å². The molecule has 30 heavy (non-hydrogen) atoms. The summed E-state index contributed by atoms with van der Waals surface area (Å²) in [6.45, 7) is 5.55. The first kappa shape index (κ1) is 20.4. The van der Waals surface area contributed by atoms with Crippen LogP contribution < -0.4 is 10.1 Å². The van der Waals surface area contributed by atoms with Gasteiger partial charge in [0.05, 0.1) is 6.54 Å². The number of nitrogens with zero attached hydrogens (tertiary/aromatic N) is 1. The fraction of sp³-hybridized carbons (Fsp3) is 0.417. The van der Waals surface area contributed by atoms with Gasteiger partial charge in [-0.3, -0.25) is 9.69 Å². The first-order valence-electron chi connectivity index (χ1n) is 10.4. The van der Waals surface area contributed by atoms with E-state index in [-0.39, 0.29) is 19.1 Å². The second-order valence-corrected chi connectivity index (χ2v) is 8.54. The Kier molecular flexibility index (Phi) is 5.28. The Morgan fingerprint density at radius 1 is 1.13 bits per heavy atom. The van der Waals surface area contributed by atoms with E-state index in [0.717, 1.165) is 40.9 Å². The molecule has 1 saturated heterocycles. The molecule has 1 aliphatic heterocycles. The molecule has 4 rings (SSSR count). The standard InChI is InChI=1S/C24H28N2O4/c1-15-7-10-21(16(2)11-15)30-14-20(27)13-26-22(28)24(3,25-23(26)29)19-9-8-17-5-4-6-18(17)12-19/h7-12,20,27H,4-6,13-14H2,1-3H3,(H,25,29)/t20-,24+/m1/s1. The number of aliphatic hydroxyl groups is 1. The molecule has 1 heterocycles. The number of hydrogen-bond acceptors (Lipinski definition) is 4. The van der Waals surface area contributed by atoms with E-state index in [9.17, 15) is 14.7 Å². The predicted octanol–water partition coefficient (Wildman–Crippen LogP) is 3.00. The number of urea groups is 1. The van der Waals surface area contributed by atoms with Gasteiger partial charge in [0.25, 0.3) is 5.91 Å². The summed E-state index contributed by atoms with van der Waals surface area (Å²) in [4.78, 5) is 26.8. The summed E-state index contributed by atoms with van der Waals surface area (Å²) >= 11 is 0. The Morgan fingerprint density at radius 2 is 1.90 bits per heavy atom. The van der Waals surface area contributed by atoms with Crippen molar-refractivity contribution in [1.82, 2.24) is 10.2 Å². The minimum atomic E-state index is -1.12. The topological polar surface area (TPSA) is 78.9 Å². The Morgan fingerprint density at radius 3 is 2.67 bits per heavy atom. The highest BCUT2D eigenvalue weighted by Crippen LogP contribution is 2.32. The smallest absolute Gasteiger partial charge is 0.325 e. The number of hydrogen-bond donors (Lipinski definition) is 2. The van der Waals surface area contributed by atoms with Crippen molar-refractivity contribution in [2.45, 2.75) is 51.7 Å². The van der Waals surface area contributed by atoms with Crippen LogP contribution in [0.1, 0.15) is 41.2 Å². The van der Waals surface area contributed by atoms with Crippen molar-refractivity contribution < 1.29 is 19.4 Å². The van der Waals surface area contributed by atoms with Crippen molar-refractivity contribution in [3.63, 3.8) is 0 Å². The molecule has 2 aromatic rings. The van der Waals surface area contributed by atoms with Gasteiger partial charge in [-0.15, -0.1) is 0 Å². The molecule has 2 N–H and O–H groups in total. The molecule has 1 fully saturated rings. The highest BCUT2D eigenvalue weighted by molar-refractivity contribution is 6.07. The Hall–Kier alpha value is -2.86. The number of aryl methyl sites for hydroxylation is 4. The van der Waals surface area contributed by atoms with Gasteiger partial charge in [0, 0.05) is 0 Å². The highest BCUT2D eigenvalue weighted by atomic mass is 16.5. The monoisotopic (exact) mass is 408 g/mol. The lowest BCUT2D eigenvalue weighted by Crippen LogP contribution is -2.42. The minimum absolute atomic E-state index is 0.00345. The van der Waals surface area contributed by atoms with Crippen molar-refractivity contribution in [1.29, 1.82) is 0 Å². The Balaban J connectivity index is 1.43. The van der Waals surface area contributed by atoms with Crippen LogP contribution in [0, 0.1) is 13.8 Å². The molecule has 0 bridgehead atoms. The van der Waals surface area contributed by atoms with E-state index in [4.69, 9.17) is 4.74 Å². The van der Waals surface area contributed by atoms with Crippen molar-refractivity contribution in [3.05, 3.63) is 64.2 Å². The van der Waals surface area contributed by atoms with Crippen LogP contribution in [0.3, 0.4) is 0 Å². The lowest BCUT2D eigenvalue weighted by molar-refractivity contribution is -0.132. The number of amides is 3. The van der Waals surface area contributed by atoms with Crippen LogP contribution in [0.5, 0.6) is 5.75 Å². The average Bonchev–Trinajstić information content (AvgIpc) is 3.25. The van der Waals surface area contributed by atoms with Gasteiger partial charge < -0.3 is 15.2 Å². The first-order chi connectivity index (χ1) is 14.3. The van der Waals surface area contributed by atoms with Gasteiger partial charge in [0.15, 0.2) is 0 Å². The van der Waals surface area contributed by atoms with Gasteiger partial charge in [-0.25, -0.2) is 4.79 Å². The minimum Gasteiger partial charge on any atom is -0.491 e. The van der Waals surface area contributed by atoms with Crippen LogP contribution in [0.4, 0.5) is 4.79 Å². The molecule has 2 atom stereocenters. The SMILES string of the molecule is Cc1ccc(OC[C@H](O)CN2C(=O)N[C@@](C)(c3ccc4c(c3)CCC4)C2=O)c(C)c1. The van der Waals surface area contributed by atoms with Crippen LogP contribution in [-0.2, 0) is 23.2 Å². The predicted molar refractivity (Wildman–Crippen MR) is 113 cm³/mol. The van der Waals surface area contributed by atoms with Crippen LogP contribution in [0.15, 0.2) is 36.4 Å². The van der Waals surface area contributed by atoms with Crippen molar-refractivity contribution >= 4 is 11.9 Å². The zero-order valence-corrected chi connectivity index (χ0v) is 17.7. The van der Waals surface area contributed by atoms with Crippen LogP contribution >= 0.6 is 0 Å². The maximum atomic E-state index is 13.1. The summed E-state index contributed by atoms with van der Waals surface area (Å²) in [6.07, 6.45) is 2.20. The molecule has 2 aromatic carbocycles. The molecule has 3 amide bonds. The maximum absolute atomic E-state index is 13.1. The van der Waals surface area contributed by atoms with Crippen LogP contribution in [0.2, 0.25) is 0 Å². The quantitative estimate of drug-likeness (QED) is 0.721. The van der Waals surface area contributed by atoms with Gasteiger partial charge in [-0.2, -0.15) is 0 Å². The summed E-state index contributed by atoms with van der Waals surface area (Å²) in [5.74, 6) is 0.329. The molecule has 1 aliphatic carbocycles. The van der Waals surface area contributed by atoms with Gasteiger partial charge >= 0.3 is 6.03 Å². The molecule has 0 saturated carbocycles. The van der Waals surface area contributed by atoms with E-state index in [1.807, 2.05) is 44.2 Å². The molecule has 0 unspecified atom stereocenters. The lowest BCUT2D eigenvalue weighted by atomic mass is 9.89. The van der Waals surface area contributed by atoms with Gasteiger partial charge in [0.1, 0.15) is 24.0 Å². The molecule has 0 spiro atoms. The van der Waals surface area contributed by atoms with E-state index >= 15 is 0 Å². The molecule has 0 radical (unpaired) electrons. The normalized spacial score (nSPS) is 21.5. The second-order valence-electron chi connectivity index (χ2n) is 8.54. The van der Waals surface area contributed by atoms with E-state index < -0.39 is 17.7 Å². The summed E-state index contributed by atoms with van der Waals surface area (Å²) in [6, 6.07) is 11.3. The molecular formula is C24H28N2O4. The molecule has 0 aromatic heterocycles. The Bertz CT molecular complexity index is 1000. The lowest BCUT2D eigenvalue weighted by Gasteiger charge is -2.24. The summed E-state index contributed by atoms with van der Waals surface area (Å²) in [5.41, 5.74) is 4.33. The molecule has 6 heteroatoms. The van der Waals surface area contributed by atoms with Gasteiger partial charge in [0.2, 0.25) is 0 Å². The van der Waals surface area contributed by atoms with Crippen molar-refractivity contribution in [2.24, 2.45) is 0 Å². The fourth-order valence-corrected chi connectivity index (χ4v) is 4.35. The number of imide groups is 1. The van der Waals surface area contributed by atoms with Crippen molar-refractivity contribution in [3.8, 4) is 5.75 Å². The van der Waals surface area contributed by atoms with E-state index in [0.29, 0.717) is 5.75 Å². The van der Waals surface area contributed by atoms with E-state index in [1.54, 1.807) is 6.92 Å². The average molecular weight is 408 g/mol. The first-order valence-corrected chi connectivity index (χ1v) is 10.4. The summed E-state index contributed by atoms with van der Waals surface area (Å²) in [5, 5.41) is 13.2. The number of fused-ring (bicyclic) bond motifs is 1. The molecule has 2 aliphatic rings. The molecule has 158 valence electrons. The maximum Gasteiger partial charge on any atom is 0.325 e. The van der Waals surface area contributed by atoms with Gasteiger partial charge in [-0.05, 0) is 68.4 Å². The third-order valence-electron chi connectivity index (χ3n) is 6.11. The number of β-amino-alcohol motifs (C(OH)–C–C–N with tert-alkyl or cyclic N) is 1. The van der Waals surface area contributed by atoms with Crippen LogP contribution in [-0.4, -0.2) is 41.2 Å². The highest BCUT2D eigenvalue weighted by Gasteiger charge is 2.49. The Labute approximate surface area is 176 Å². The fourth-order valence-electron chi connectivity index (χ4n) is 4.35. The number of carbonyl (C=O) groups is 2. The summed E-state index contributed by atoms with van der Waals surface area (Å²) < 4.78 is 5.70. The number of ether oxygens (including phenoxy) is 1. The zero-order chi connectivity index (χ0) is 21.5. The third-order valence-corrected chi connectivity index (χ3v) is 6.11. The molecular weight excluding hydrogens is 380 g/mol. The number of benzene rings is 2. The van der Waals surface area contributed by atoms with Crippen molar-refractivity contribution in [2.75, 3.05) is 13.2 Å². The molecule has 6 nitrogen and oxygen atoms in total. The van der Waals surface area contributed by atoms with Crippen LogP contribution in [0.25, 0.3) is 0 Å². The number of rotatable bonds is 6. The zero-order valence-electron chi connectivity index (χ0n) is 17.7. The third kappa shape index (κ3) is 3.67. The number of aliphatic hydroxyl groups excluding tert-OH is 1. The number of nitrogens with one attached hydrogen (secondary N) is 1. The second kappa shape index (κ2) is 7.76. The van der Waals surface area contributed by atoms with E-state index in [2.05, 4.69) is 11.4 Å². The number of carbonyl (C=O) groups excluding carboxylic acids is 2. The van der Waals surface area contributed by atoms with E-state index in [1.165, 1.54) is 11.1 Å². The largest absolute Gasteiger partial charge is 0.491 e. The summed E-state index contributed by atoms with van der Waals surface area (Å²) in [7, 11) is 0.